The minimum absolute atomic E-state index is 0.0310. The van der Waals surface area contributed by atoms with Crippen LogP contribution in [-0.2, 0) is 5.60 Å². The summed E-state index contributed by atoms with van der Waals surface area (Å²) in [5, 5.41) is 87.8. The van der Waals surface area contributed by atoms with Crippen LogP contribution in [0, 0.1) is 5.92 Å². The average molecular weight is 709 g/mol. The molecule has 7 rings (SSSR count). The first-order valence-corrected chi connectivity index (χ1v) is 16.5. The summed E-state index contributed by atoms with van der Waals surface area (Å²) in [6, 6.07) is 12.5. The second kappa shape index (κ2) is 12.0. The van der Waals surface area contributed by atoms with Crippen molar-refractivity contribution < 1.29 is 59.9 Å². The third-order valence-corrected chi connectivity index (χ3v) is 10.2. The minimum Gasteiger partial charge on any atom is -0.508 e. The predicted molar refractivity (Wildman–Crippen MR) is 185 cm³/mol. The third-order valence-electron chi connectivity index (χ3n) is 10.2. The molecule has 2 aliphatic heterocycles. The largest absolute Gasteiger partial charge is 0.508 e. The fraction of sp³-hybridized carbons (Fsp3) is 0.250. The number of Topliss-reactive ketones (excluding diaryl/α,β-unsaturated/α-hetero) is 2. The molecule has 52 heavy (non-hydrogen) atoms. The number of aliphatic hydroxyl groups is 1. The number of phenolic OH excluding ortho intramolecular Hbond substituents is 7. The zero-order valence-electron chi connectivity index (χ0n) is 28.3. The van der Waals surface area contributed by atoms with Crippen molar-refractivity contribution in [3.63, 3.8) is 0 Å². The van der Waals surface area contributed by atoms with Gasteiger partial charge in [-0.05, 0) is 63.1 Å². The van der Waals surface area contributed by atoms with Crippen LogP contribution in [0.4, 0.5) is 0 Å². The van der Waals surface area contributed by atoms with Gasteiger partial charge in [-0.15, -0.1) is 0 Å². The molecule has 3 aliphatic rings. The van der Waals surface area contributed by atoms with Crippen molar-refractivity contribution in [2.75, 3.05) is 0 Å². The molecular weight excluding hydrogens is 672 g/mol. The number of ether oxygens (including phenoxy) is 2. The fourth-order valence-electron chi connectivity index (χ4n) is 7.85. The lowest BCUT2D eigenvalue weighted by Crippen LogP contribution is -2.62. The van der Waals surface area contributed by atoms with Crippen molar-refractivity contribution in [1.82, 2.24) is 0 Å². The van der Waals surface area contributed by atoms with Gasteiger partial charge in [-0.25, -0.2) is 0 Å². The molecule has 0 unspecified atom stereocenters. The van der Waals surface area contributed by atoms with Gasteiger partial charge in [0.15, 0.2) is 5.78 Å². The van der Waals surface area contributed by atoms with E-state index in [-0.39, 0.29) is 69.6 Å². The molecule has 0 spiro atoms. The van der Waals surface area contributed by atoms with Gasteiger partial charge < -0.3 is 50.3 Å². The number of phenols is 7. The lowest BCUT2D eigenvalue weighted by atomic mass is 9.65. The highest BCUT2D eigenvalue weighted by atomic mass is 16.7. The van der Waals surface area contributed by atoms with Crippen LogP contribution >= 0.6 is 0 Å². The van der Waals surface area contributed by atoms with Gasteiger partial charge in [0.05, 0.1) is 5.56 Å². The monoisotopic (exact) mass is 708 g/mol. The number of carbonyl (C=O) groups is 2. The van der Waals surface area contributed by atoms with Gasteiger partial charge in [0.25, 0.3) is 0 Å². The normalized spacial score (nSPS) is 24.4. The van der Waals surface area contributed by atoms with Crippen LogP contribution in [0.1, 0.15) is 82.9 Å². The van der Waals surface area contributed by atoms with E-state index >= 15 is 0 Å². The molecule has 0 fully saturated rings. The number of fused-ring (bicyclic) bond motifs is 4. The van der Waals surface area contributed by atoms with E-state index < -0.39 is 63.5 Å². The van der Waals surface area contributed by atoms with Crippen LogP contribution in [0.5, 0.6) is 51.7 Å². The molecule has 0 aromatic heterocycles. The molecule has 0 saturated carbocycles. The molecular formula is C40H36O12. The number of hydrogen-bond donors (Lipinski definition) is 8. The molecule has 0 radical (unpaired) electrons. The van der Waals surface area contributed by atoms with Crippen LogP contribution in [0.15, 0.2) is 84.0 Å². The Morgan fingerprint density at radius 2 is 1.48 bits per heavy atom. The van der Waals surface area contributed by atoms with Crippen LogP contribution in [-0.4, -0.2) is 58.2 Å². The van der Waals surface area contributed by atoms with Gasteiger partial charge in [-0.2, -0.15) is 0 Å². The molecule has 268 valence electrons. The molecule has 1 aliphatic carbocycles. The molecule has 2 heterocycles. The first kappa shape index (κ1) is 34.3. The standard InChI is InChI=1S/C40H36O12/c1-18(2)10-11-39-27-9-6-22(43)16-31(27)52-40(39,50)38(49)35-32(51-39)17-30(46)34(37(35)48)26-13-19(3)12-25(23-7-4-20(41)14-28(23)44)33(26)36(47)24-8-5-21(42)15-29(24)45/h4-10,13-17,25-26,33,41-46,48,50H,11-12H2,1-3H3/t25-,26-,33-,39-,40-/m1/s1. The van der Waals surface area contributed by atoms with Gasteiger partial charge in [0.1, 0.15) is 57.3 Å². The van der Waals surface area contributed by atoms with E-state index in [9.17, 15) is 50.4 Å². The maximum absolute atomic E-state index is 14.6. The Kier molecular flexibility index (Phi) is 7.91. The second-order valence-electron chi connectivity index (χ2n) is 13.9. The Bertz CT molecular complexity index is 2250. The molecule has 0 saturated heterocycles. The third kappa shape index (κ3) is 5.09. The quantitative estimate of drug-likeness (QED) is 0.0824. The van der Waals surface area contributed by atoms with Crippen molar-refractivity contribution in [2.45, 2.75) is 56.8 Å². The van der Waals surface area contributed by atoms with Gasteiger partial charge in [-0.1, -0.05) is 29.4 Å². The Morgan fingerprint density at radius 1 is 0.827 bits per heavy atom. The summed E-state index contributed by atoms with van der Waals surface area (Å²) in [4.78, 5) is 29.1. The molecule has 12 nitrogen and oxygen atoms in total. The summed E-state index contributed by atoms with van der Waals surface area (Å²) in [7, 11) is 0. The maximum Gasteiger partial charge on any atom is 0.318 e. The lowest BCUT2D eigenvalue weighted by Gasteiger charge is -2.43. The molecule has 8 N–H and O–H groups in total. The van der Waals surface area contributed by atoms with Gasteiger partial charge in [0.2, 0.25) is 11.4 Å². The maximum atomic E-state index is 14.6. The second-order valence-corrected chi connectivity index (χ2v) is 13.9. The van der Waals surface area contributed by atoms with E-state index in [0.717, 1.165) is 23.8 Å². The highest BCUT2D eigenvalue weighted by molar-refractivity contribution is 6.09. The summed E-state index contributed by atoms with van der Waals surface area (Å²) in [5.74, 6) is -11.1. The highest BCUT2D eigenvalue weighted by Gasteiger charge is 2.70. The van der Waals surface area contributed by atoms with Gasteiger partial charge >= 0.3 is 5.79 Å². The number of allylic oxidation sites excluding steroid dienone is 3. The van der Waals surface area contributed by atoms with Crippen molar-refractivity contribution >= 4 is 11.6 Å². The van der Waals surface area contributed by atoms with Crippen molar-refractivity contribution in [1.29, 1.82) is 0 Å². The Morgan fingerprint density at radius 3 is 2.15 bits per heavy atom. The topological polar surface area (TPSA) is 214 Å². The molecule has 4 aromatic carbocycles. The Labute approximate surface area is 297 Å². The summed E-state index contributed by atoms with van der Waals surface area (Å²) in [6.45, 7) is 5.37. The van der Waals surface area contributed by atoms with E-state index in [2.05, 4.69) is 0 Å². The van der Waals surface area contributed by atoms with E-state index in [4.69, 9.17) is 9.47 Å². The zero-order valence-corrected chi connectivity index (χ0v) is 28.3. The molecule has 4 aromatic rings. The van der Waals surface area contributed by atoms with Crippen molar-refractivity contribution in [3.8, 4) is 51.7 Å². The number of ketones is 2. The van der Waals surface area contributed by atoms with Crippen molar-refractivity contribution in [2.24, 2.45) is 5.92 Å². The van der Waals surface area contributed by atoms with Crippen LogP contribution in [0.3, 0.4) is 0 Å². The number of hydrogen-bond acceptors (Lipinski definition) is 12. The van der Waals surface area contributed by atoms with E-state index in [0.29, 0.717) is 5.57 Å². The SMILES string of the molecule is CC(C)=CC[C@]12Oc3cc(O)c([C@@H]4C=C(C)C[C@H](c5ccc(O)cc5O)[C@H]4C(=O)c4ccc(O)cc4O)c(O)c3C(=O)[C@@]1(O)Oc1cc(O)ccc12. The first-order chi connectivity index (χ1) is 24.6. The first-order valence-electron chi connectivity index (χ1n) is 16.5. The summed E-state index contributed by atoms with van der Waals surface area (Å²) in [6.07, 6.45) is 3.48. The van der Waals surface area contributed by atoms with E-state index in [1.165, 1.54) is 42.5 Å². The van der Waals surface area contributed by atoms with Crippen LogP contribution in [0.25, 0.3) is 0 Å². The summed E-state index contributed by atoms with van der Waals surface area (Å²) < 4.78 is 12.3. The molecule has 0 bridgehead atoms. The average Bonchev–Trinajstić information content (AvgIpc) is 3.30. The fourth-order valence-corrected chi connectivity index (χ4v) is 7.85. The van der Waals surface area contributed by atoms with Crippen LogP contribution < -0.4 is 9.47 Å². The van der Waals surface area contributed by atoms with Crippen LogP contribution in [0.2, 0.25) is 0 Å². The Balaban J connectivity index is 1.43. The number of carbonyl (C=O) groups excluding carboxylic acids is 2. The Hall–Kier alpha value is -6.14. The minimum atomic E-state index is -2.75. The molecule has 0 amide bonds. The predicted octanol–water partition coefficient (Wildman–Crippen LogP) is 6.25. The van der Waals surface area contributed by atoms with Crippen molar-refractivity contribution in [3.05, 3.63) is 112 Å². The summed E-state index contributed by atoms with van der Waals surface area (Å²) >= 11 is 0. The molecule has 5 atom stereocenters. The van der Waals surface area contributed by atoms with E-state index in [1.807, 2.05) is 13.8 Å². The lowest BCUT2D eigenvalue weighted by molar-refractivity contribution is -0.201. The van der Waals surface area contributed by atoms with E-state index in [1.54, 1.807) is 19.1 Å². The summed E-state index contributed by atoms with van der Waals surface area (Å²) in [5.41, 5.74) is -0.891. The highest BCUT2D eigenvalue weighted by Crippen LogP contribution is 2.61. The number of benzene rings is 4. The number of rotatable bonds is 6. The molecule has 12 heteroatoms. The van der Waals surface area contributed by atoms with Gasteiger partial charge in [0, 0.05) is 59.6 Å². The number of aromatic hydroxyl groups is 7. The van der Waals surface area contributed by atoms with Gasteiger partial charge in [-0.3, -0.25) is 9.59 Å². The smallest absolute Gasteiger partial charge is 0.318 e. The zero-order chi connectivity index (χ0) is 37.4.